The smallest absolute Gasteiger partial charge is 0.277 e. The van der Waals surface area contributed by atoms with Crippen LogP contribution in [0, 0.1) is 5.82 Å². The molecule has 0 N–H and O–H groups in total. The number of halogens is 1. The van der Waals surface area contributed by atoms with Crippen molar-refractivity contribution in [3.05, 3.63) is 41.5 Å². The Labute approximate surface area is 114 Å². The molecule has 0 saturated heterocycles. The van der Waals surface area contributed by atoms with Crippen molar-refractivity contribution in [1.29, 1.82) is 0 Å². The van der Waals surface area contributed by atoms with E-state index < -0.39 is 0 Å². The van der Waals surface area contributed by atoms with Gasteiger partial charge in [-0.25, -0.2) is 4.39 Å². The standard InChI is InChI=1S/C12H13FN2OS2/c1-8(9-3-5-10(13)6-4-9)18-12-15-14-11(16-12)7-17-2/h3-6,8H,7H2,1-2H3/t8-/m0/s1. The first kappa shape index (κ1) is 13.4. The quantitative estimate of drug-likeness (QED) is 0.778. The molecule has 1 atom stereocenters. The molecule has 2 rings (SSSR count). The van der Waals surface area contributed by atoms with E-state index >= 15 is 0 Å². The van der Waals surface area contributed by atoms with E-state index in [1.165, 1.54) is 23.9 Å². The Morgan fingerprint density at radius 2 is 2.00 bits per heavy atom. The van der Waals surface area contributed by atoms with E-state index in [9.17, 15) is 4.39 Å². The van der Waals surface area contributed by atoms with E-state index in [-0.39, 0.29) is 11.1 Å². The molecule has 0 amide bonds. The number of rotatable bonds is 5. The molecule has 18 heavy (non-hydrogen) atoms. The Kier molecular flexibility index (Phi) is 4.66. The van der Waals surface area contributed by atoms with Gasteiger partial charge in [-0.1, -0.05) is 23.9 Å². The van der Waals surface area contributed by atoms with Crippen LogP contribution < -0.4 is 0 Å². The van der Waals surface area contributed by atoms with Gasteiger partial charge in [0.15, 0.2) is 0 Å². The van der Waals surface area contributed by atoms with Crippen LogP contribution >= 0.6 is 23.5 Å². The van der Waals surface area contributed by atoms with Gasteiger partial charge in [0, 0.05) is 5.25 Å². The van der Waals surface area contributed by atoms with Crippen molar-refractivity contribution in [2.75, 3.05) is 6.26 Å². The largest absolute Gasteiger partial charge is 0.415 e. The highest BCUT2D eigenvalue weighted by Crippen LogP contribution is 2.34. The van der Waals surface area contributed by atoms with Crippen LogP contribution in [0.3, 0.4) is 0 Å². The monoisotopic (exact) mass is 284 g/mol. The topological polar surface area (TPSA) is 38.9 Å². The van der Waals surface area contributed by atoms with Crippen molar-refractivity contribution in [2.45, 2.75) is 23.1 Å². The van der Waals surface area contributed by atoms with Crippen LogP contribution in [0.2, 0.25) is 0 Å². The molecule has 0 spiro atoms. The Bertz CT molecular complexity index is 501. The summed E-state index contributed by atoms with van der Waals surface area (Å²) >= 11 is 3.11. The molecular weight excluding hydrogens is 271 g/mol. The summed E-state index contributed by atoms with van der Waals surface area (Å²) in [7, 11) is 0. The number of hydrogen-bond acceptors (Lipinski definition) is 5. The first-order chi connectivity index (χ1) is 8.69. The predicted molar refractivity (Wildman–Crippen MR) is 72.2 cm³/mol. The van der Waals surface area contributed by atoms with Crippen LogP contribution in [0.25, 0.3) is 0 Å². The number of hydrogen-bond donors (Lipinski definition) is 0. The summed E-state index contributed by atoms with van der Waals surface area (Å²) < 4.78 is 18.3. The summed E-state index contributed by atoms with van der Waals surface area (Å²) in [6.07, 6.45) is 1.98. The summed E-state index contributed by atoms with van der Waals surface area (Å²) in [5.41, 5.74) is 1.03. The minimum absolute atomic E-state index is 0.146. The van der Waals surface area contributed by atoms with Gasteiger partial charge in [0.05, 0.1) is 5.75 Å². The van der Waals surface area contributed by atoms with Crippen LogP contribution in [0.5, 0.6) is 0 Å². The van der Waals surface area contributed by atoms with Gasteiger partial charge >= 0.3 is 0 Å². The first-order valence-corrected chi connectivity index (χ1v) is 7.70. The highest BCUT2D eigenvalue weighted by Gasteiger charge is 2.13. The molecule has 2 aromatic rings. The second kappa shape index (κ2) is 6.24. The summed E-state index contributed by atoms with van der Waals surface area (Å²) in [4.78, 5) is 0. The van der Waals surface area contributed by atoms with Gasteiger partial charge in [0.25, 0.3) is 5.22 Å². The van der Waals surface area contributed by atoms with Gasteiger partial charge in [0.1, 0.15) is 5.82 Å². The molecule has 3 nitrogen and oxygen atoms in total. The van der Waals surface area contributed by atoms with Crippen molar-refractivity contribution in [2.24, 2.45) is 0 Å². The Morgan fingerprint density at radius 1 is 1.28 bits per heavy atom. The molecule has 0 radical (unpaired) electrons. The maximum atomic E-state index is 12.8. The fourth-order valence-corrected chi connectivity index (χ4v) is 2.61. The Hall–Kier alpha value is -1.01. The average Bonchev–Trinajstić information content (AvgIpc) is 2.78. The molecule has 0 bridgehead atoms. The lowest BCUT2D eigenvalue weighted by Crippen LogP contribution is -1.88. The molecule has 96 valence electrons. The van der Waals surface area contributed by atoms with Gasteiger partial charge < -0.3 is 4.42 Å². The summed E-state index contributed by atoms with van der Waals surface area (Å²) in [5, 5.41) is 8.62. The fourth-order valence-electron chi connectivity index (χ4n) is 1.42. The lowest BCUT2D eigenvalue weighted by molar-refractivity contribution is 0.426. The molecule has 0 aliphatic carbocycles. The molecule has 0 fully saturated rings. The summed E-state index contributed by atoms with van der Waals surface area (Å²) in [6, 6.07) is 6.46. The van der Waals surface area contributed by atoms with Crippen LogP contribution in [0.15, 0.2) is 33.9 Å². The predicted octanol–water partition coefficient (Wildman–Crippen LogP) is 3.93. The van der Waals surface area contributed by atoms with E-state index in [1.54, 1.807) is 23.9 Å². The van der Waals surface area contributed by atoms with Crippen LogP contribution in [0.1, 0.15) is 23.6 Å². The highest BCUT2D eigenvalue weighted by molar-refractivity contribution is 7.99. The summed E-state index contributed by atoms with van der Waals surface area (Å²) in [5.74, 6) is 1.13. The second-order valence-electron chi connectivity index (χ2n) is 3.71. The molecule has 1 heterocycles. The number of aromatic nitrogens is 2. The molecule has 0 saturated carbocycles. The van der Waals surface area contributed by atoms with Gasteiger partial charge in [-0.2, -0.15) is 11.8 Å². The zero-order valence-corrected chi connectivity index (χ0v) is 11.7. The normalized spacial score (nSPS) is 12.6. The van der Waals surface area contributed by atoms with Gasteiger partial charge in [-0.05, 0) is 30.9 Å². The van der Waals surface area contributed by atoms with Gasteiger partial charge in [-0.3, -0.25) is 0 Å². The number of nitrogens with zero attached hydrogens (tertiary/aromatic N) is 2. The van der Waals surface area contributed by atoms with E-state index in [0.717, 1.165) is 11.3 Å². The van der Waals surface area contributed by atoms with Crippen molar-refractivity contribution in [3.8, 4) is 0 Å². The van der Waals surface area contributed by atoms with Crippen molar-refractivity contribution < 1.29 is 8.81 Å². The number of thioether (sulfide) groups is 2. The summed E-state index contributed by atoms with van der Waals surface area (Å²) in [6.45, 7) is 2.02. The SMILES string of the molecule is CSCc1nnc(S[C@@H](C)c2ccc(F)cc2)o1. The third-order valence-corrected chi connectivity index (χ3v) is 3.86. The zero-order valence-electron chi connectivity index (χ0n) is 10.1. The minimum Gasteiger partial charge on any atom is -0.415 e. The van der Waals surface area contributed by atoms with Crippen molar-refractivity contribution >= 4 is 23.5 Å². The van der Waals surface area contributed by atoms with Crippen molar-refractivity contribution in [3.63, 3.8) is 0 Å². The Morgan fingerprint density at radius 3 is 2.67 bits per heavy atom. The molecule has 6 heteroatoms. The molecule has 0 unspecified atom stereocenters. The molecule has 0 aliphatic rings. The van der Waals surface area contributed by atoms with E-state index in [4.69, 9.17) is 4.42 Å². The maximum Gasteiger partial charge on any atom is 0.277 e. The molecule has 0 aliphatic heterocycles. The van der Waals surface area contributed by atoms with Crippen LogP contribution in [0.4, 0.5) is 4.39 Å². The number of benzene rings is 1. The van der Waals surface area contributed by atoms with E-state index in [2.05, 4.69) is 10.2 Å². The van der Waals surface area contributed by atoms with Crippen LogP contribution in [-0.4, -0.2) is 16.5 Å². The van der Waals surface area contributed by atoms with Gasteiger partial charge in [-0.15, -0.1) is 10.2 Å². The highest BCUT2D eigenvalue weighted by atomic mass is 32.2. The van der Waals surface area contributed by atoms with E-state index in [1.807, 2.05) is 13.2 Å². The third-order valence-electron chi connectivity index (χ3n) is 2.33. The van der Waals surface area contributed by atoms with Gasteiger partial charge in [0.2, 0.25) is 5.89 Å². The zero-order chi connectivity index (χ0) is 13.0. The maximum absolute atomic E-state index is 12.8. The van der Waals surface area contributed by atoms with Crippen LogP contribution in [-0.2, 0) is 5.75 Å². The lowest BCUT2D eigenvalue weighted by Gasteiger charge is -2.07. The molecule has 1 aromatic carbocycles. The lowest BCUT2D eigenvalue weighted by atomic mass is 10.2. The molecular formula is C12H13FN2OS2. The average molecular weight is 284 g/mol. The first-order valence-electron chi connectivity index (χ1n) is 5.42. The fraction of sp³-hybridized carbons (Fsp3) is 0.333. The van der Waals surface area contributed by atoms with Crippen molar-refractivity contribution in [1.82, 2.24) is 10.2 Å². The third kappa shape index (κ3) is 3.49. The molecule has 1 aromatic heterocycles. The second-order valence-corrected chi connectivity index (χ2v) is 5.86. The minimum atomic E-state index is -0.226. The van der Waals surface area contributed by atoms with E-state index in [0.29, 0.717) is 11.1 Å². The Balaban J connectivity index is 2.01.